The lowest BCUT2D eigenvalue weighted by atomic mass is 10.1. The van der Waals surface area contributed by atoms with Crippen molar-refractivity contribution in [1.82, 2.24) is 9.38 Å². The standard InChI is InChI=1S/C21H14N2O/c1-2-8-15(9-3-1)20-21(23-13-7-6-12-19(23)22-20)18-14-16-10-4-5-11-17(16)24-18/h1-14H. The molecule has 0 atom stereocenters. The van der Waals surface area contributed by atoms with Gasteiger partial charge in [-0.3, -0.25) is 4.40 Å². The molecule has 0 bridgehead atoms. The zero-order valence-corrected chi connectivity index (χ0v) is 12.9. The summed E-state index contributed by atoms with van der Waals surface area (Å²) in [4.78, 5) is 4.83. The normalized spacial score (nSPS) is 11.3. The van der Waals surface area contributed by atoms with Crippen molar-refractivity contribution in [2.24, 2.45) is 0 Å². The first kappa shape index (κ1) is 13.1. The molecule has 0 aliphatic heterocycles. The van der Waals surface area contributed by atoms with E-state index in [1.54, 1.807) is 0 Å². The lowest BCUT2D eigenvalue weighted by Gasteiger charge is -2.02. The summed E-state index contributed by atoms with van der Waals surface area (Å²) in [6, 6.07) is 26.4. The predicted molar refractivity (Wildman–Crippen MR) is 95.8 cm³/mol. The maximum Gasteiger partial charge on any atom is 0.154 e. The second-order valence-electron chi connectivity index (χ2n) is 5.75. The molecule has 5 aromatic rings. The van der Waals surface area contributed by atoms with Crippen LogP contribution in [-0.2, 0) is 0 Å². The number of fused-ring (bicyclic) bond motifs is 2. The molecule has 0 aliphatic carbocycles. The van der Waals surface area contributed by atoms with Crippen molar-refractivity contribution in [3.63, 3.8) is 0 Å². The number of para-hydroxylation sites is 1. The monoisotopic (exact) mass is 310 g/mol. The average molecular weight is 310 g/mol. The number of hydrogen-bond donors (Lipinski definition) is 0. The number of hydrogen-bond acceptors (Lipinski definition) is 2. The molecule has 5 rings (SSSR count). The molecule has 0 amide bonds. The van der Waals surface area contributed by atoms with Gasteiger partial charge in [-0.25, -0.2) is 4.98 Å². The average Bonchev–Trinajstić information content (AvgIpc) is 3.23. The SMILES string of the molecule is c1ccc(-c2nc3ccccn3c2-c2cc3ccccc3o2)cc1. The largest absolute Gasteiger partial charge is 0.454 e. The molecule has 0 radical (unpaired) electrons. The lowest BCUT2D eigenvalue weighted by molar-refractivity contribution is 0.628. The molecule has 2 aromatic carbocycles. The second kappa shape index (κ2) is 5.10. The number of nitrogens with zero attached hydrogens (tertiary/aromatic N) is 2. The summed E-state index contributed by atoms with van der Waals surface area (Å²) in [5, 5.41) is 1.09. The first-order chi connectivity index (χ1) is 11.9. The van der Waals surface area contributed by atoms with Gasteiger partial charge in [0.2, 0.25) is 0 Å². The Morgan fingerprint density at radius 2 is 1.58 bits per heavy atom. The van der Waals surface area contributed by atoms with Gasteiger partial charge in [-0.1, -0.05) is 54.6 Å². The Bertz CT molecular complexity index is 1120. The summed E-state index contributed by atoms with van der Waals surface area (Å²) in [6.45, 7) is 0. The van der Waals surface area contributed by atoms with Crippen LogP contribution in [0.2, 0.25) is 0 Å². The van der Waals surface area contributed by atoms with E-state index in [0.29, 0.717) is 0 Å². The molecule has 3 heterocycles. The van der Waals surface area contributed by atoms with E-state index in [-0.39, 0.29) is 0 Å². The summed E-state index contributed by atoms with van der Waals surface area (Å²) in [7, 11) is 0. The van der Waals surface area contributed by atoms with E-state index >= 15 is 0 Å². The molecule has 0 aliphatic rings. The van der Waals surface area contributed by atoms with E-state index in [4.69, 9.17) is 9.40 Å². The first-order valence-electron chi connectivity index (χ1n) is 7.91. The highest BCUT2D eigenvalue weighted by molar-refractivity contribution is 5.87. The van der Waals surface area contributed by atoms with Crippen molar-refractivity contribution in [3.8, 4) is 22.7 Å². The van der Waals surface area contributed by atoms with E-state index in [9.17, 15) is 0 Å². The first-order valence-corrected chi connectivity index (χ1v) is 7.91. The number of benzene rings is 2. The maximum atomic E-state index is 6.12. The fraction of sp³-hybridized carbons (Fsp3) is 0. The van der Waals surface area contributed by atoms with Crippen molar-refractivity contribution in [3.05, 3.63) is 85.1 Å². The summed E-state index contributed by atoms with van der Waals surface area (Å²) in [5.41, 5.74) is 4.79. The van der Waals surface area contributed by atoms with Crippen molar-refractivity contribution >= 4 is 16.6 Å². The number of imidazole rings is 1. The number of pyridine rings is 1. The number of furan rings is 1. The number of aromatic nitrogens is 2. The van der Waals surface area contributed by atoms with Crippen molar-refractivity contribution in [2.45, 2.75) is 0 Å². The Morgan fingerprint density at radius 3 is 2.46 bits per heavy atom. The van der Waals surface area contributed by atoms with Gasteiger partial charge in [0, 0.05) is 17.1 Å². The summed E-state index contributed by atoms with van der Waals surface area (Å²) >= 11 is 0. The molecule has 0 fully saturated rings. The summed E-state index contributed by atoms with van der Waals surface area (Å²) in [5.74, 6) is 0.828. The van der Waals surface area contributed by atoms with E-state index in [0.717, 1.165) is 39.3 Å². The van der Waals surface area contributed by atoms with Crippen molar-refractivity contribution in [2.75, 3.05) is 0 Å². The Kier molecular flexibility index (Phi) is 2.79. The van der Waals surface area contributed by atoms with E-state index in [1.165, 1.54) is 0 Å². The third-order valence-electron chi connectivity index (χ3n) is 4.24. The fourth-order valence-corrected chi connectivity index (χ4v) is 3.13. The molecule has 0 spiro atoms. The summed E-state index contributed by atoms with van der Waals surface area (Å²) < 4.78 is 8.21. The molecule has 3 heteroatoms. The van der Waals surface area contributed by atoms with Crippen LogP contribution in [0.3, 0.4) is 0 Å². The van der Waals surface area contributed by atoms with Crippen LogP contribution in [0, 0.1) is 0 Å². The van der Waals surface area contributed by atoms with Gasteiger partial charge < -0.3 is 4.42 Å². The molecular formula is C21H14N2O. The van der Waals surface area contributed by atoms with Crippen LogP contribution in [-0.4, -0.2) is 9.38 Å². The minimum atomic E-state index is 0.828. The van der Waals surface area contributed by atoms with Gasteiger partial charge in [-0.2, -0.15) is 0 Å². The lowest BCUT2D eigenvalue weighted by Crippen LogP contribution is -1.87. The Hall–Kier alpha value is -3.33. The van der Waals surface area contributed by atoms with E-state index in [1.807, 2.05) is 60.8 Å². The topological polar surface area (TPSA) is 30.4 Å². The Balaban J connectivity index is 1.86. The maximum absolute atomic E-state index is 6.12. The smallest absolute Gasteiger partial charge is 0.154 e. The minimum Gasteiger partial charge on any atom is -0.454 e. The quantitative estimate of drug-likeness (QED) is 0.436. The van der Waals surface area contributed by atoms with Crippen LogP contribution in [0.25, 0.3) is 39.3 Å². The van der Waals surface area contributed by atoms with Gasteiger partial charge in [0.1, 0.15) is 22.6 Å². The highest BCUT2D eigenvalue weighted by atomic mass is 16.3. The van der Waals surface area contributed by atoms with Crippen molar-refractivity contribution < 1.29 is 4.42 Å². The van der Waals surface area contributed by atoms with E-state index in [2.05, 4.69) is 28.7 Å². The predicted octanol–water partition coefficient (Wildman–Crippen LogP) is 5.41. The van der Waals surface area contributed by atoms with Gasteiger partial charge >= 0.3 is 0 Å². The summed E-state index contributed by atoms with van der Waals surface area (Å²) in [6.07, 6.45) is 2.03. The molecule has 24 heavy (non-hydrogen) atoms. The van der Waals surface area contributed by atoms with Gasteiger partial charge in [-0.05, 0) is 24.3 Å². The van der Waals surface area contributed by atoms with Crippen molar-refractivity contribution in [1.29, 1.82) is 0 Å². The fourth-order valence-electron chi connectivity index (χ4n) is 3.13. The molecule has 0 saturated carbocycles. The minimum absolute atomic E-state index is 0.828. The molecule has 3 aromatic heterocycles. The van der Waals surface area contributed by atoms with Crippen LogP contribution >= 0.6 is 0 Å². The van der Waals surface area contributed by atoms with Gasteiger partial charge in [0.05, 0.1) is 0 Å². The van der Waals surface area contributed by atoms with Crippen LogP contribution in [0.5, 0.6) is 0 Å². The number of rotatable bonds is 2. The van der Waals surface area contributed by atoms with E-state index < -0.39 is 0 Å². The third kappa shape index (κ3) is 1.95. The van der Waals surface area contributed by atoms with Crippen LogP contribution in [0.15, 0.2) is 89.5 Å². The molecule has 114 valence electrons. The Morgan fingerprint density at radius 1 is 0.792 bits per heavy atom. The molecular weight excluding hydrogens is 296 g/mol. The van der Waals surface area contributed by atoms with Gasteiger partial charge in [0.15, 0.2) is 5.76 Å². The van der Waals surface area contributed by atoms with Crippen LogP contribution in [0.1, 0.15) is 0 Å². The zero-order chi connectivity index (χ0) is 15.9. The van der Waals surface area contributed by atoms with Crippen LogP contribution in [0.4, 0.5) is 0 Å². The van der Waals surface area contributed by atoms with Crippen LogP contribution < -0.4 is 0 Å². The third-order valence-corrected chi connectivity index (χ3v) is 4.24. The molecule has 0 saturated heterocycles. The second-order valence-corrected chi connectivity index (χ2v) is 5.75. The zero-order valence-electron chi connectivity index (χ0n) is 12.9. The Labute approximate surface area is 138 Å². The molecule has 0 unspecified atom stereocenters. The highest BCUT2D eigenvalue weighted by Gasteiger charge is 2.18. The molecule has 0 N–H and O–H groups in total. The van der Waals surface area contributed by atoms with Gasteiger partial charge in [0.25, 0.3) is 0 Å². The molecule has 3 nitrogen and oxygen atoms in total. The van der Waals surface area contributed by atoms with Gasteiger partial charge in [-0.15, -0.1) is 0 Å². The highest BCUT2D eigenvalue weighted by Crippen LogP contribution is 2.35.